The molecule has 1 atom stereocenters. The third-order valence-electron chi connectivity index (χ3n) is 4.71. The zero-order valence-corrected chi connectivity index (χ0v) is 19.1. The van der Waals surface area contributed by atoms with Crippen molar-refractivity contribution in [2.75, 3.05) is 25.3 Å². The number of hydrogen-bond donors (Lipinski definition) is 0. The molecule has 0 aliphatic rings. The Labute approximate surface area is 192 Å². The van der Waals surface area contributed by atoms with Crippen molar-refractivity contribution in [3.05, 3.63) is 89.2 Å². The highest BCUT2D eigenvalue weighted by Gasteiger charge is 2.37. The van der Waals surface area contributed by atoms with Crippen LogP contribution >= 0.6 is 0 Å². The van der Waals surface area contributed by atoms with Crippen LogP contribution in [0, 0.1) is 29.1 Å². The Morgan fingerprint density at radius 1 is 0.735 bits per heavy atom. The Morgan fingerprint density at radius 2 is 1.18 bits per heavy atom. The van der Waals surface area contributed by atoms with Crippen LogP contribution in [-0.2, 0) is 19.9 Å². The van der Waals surface area contributed by atoms with Crippen LogP contribution in [0.2, 0.25) is 0 Å². The van der Waals surface area contributed by atoms with Crippen molar-refractivity contribution in [2.45, 2.75) is 10.6 Å². The SMILES string of the molecule is CN(C)c1ccc(C[S+](C)(=O)c2ccccc2)cc1.Fc1c(F)c(F)c([B-](F)(F)F)c(F)c1F. The first kappa shape index (κ1) is 27.4. The highest BCUT2D eigenvalue weighted by molar-refractivity contribution is 8.01. The van der Waals surface area contributed by atoms with E-state index in [0.29, 0.717) is 5.75 Å². The second kappa shape index (κ2) is 10.6. The minimum atomic E-state index is -6.30. The van der Waals surface area contributed by atoms with Crippen LogP contribution in [0.4, 0.5) is 40.6 Å². The summed E-state index contributed by atoms with van der Waals surface area (Å²) >= 11 is 0. The zero-order valence-electron chi connectivity index (χ0n) is 18.3. The van der Waals surface area contributed by atoms with Gasteiger partial charge in [-0.05, 0) is 29.7 Å². The molecule has 0 radical (unpaired) electrons. The molecule has 0 aliphatic heterocycles. The molecule has 0 amide bonds. The first-order valence-electron chi connectivity index (χ1n) is 9.66. The maximum absolute atomic E-state index is 12.8. The highest BCUT2D eigenvalue weighted by atomic mass is 32.2. The van der Waals surface area contributed by atoms with E-state index in [1.807, 2.05) is 50.7 Å². The van der Waals surface area contributed by atoms with Gasteiger partial charge in [-0.1, -0.05) is 34.5 Å². The predicted molar refractivity (Wildman–Crippen MR) is 118 cm³/mol. The monoisotopic (exact) mass is 509 g/mol. The second-order valence-corrected chi connectivity index (χ2v) is 10.4. The molecule has 2 nitrogen and oxygen atoms in total. The number of benzene rings is 3. The smallest absolute Gasteiger partial charge is 0.445 e. The molecule has 1 unspecified atom stereocenters. The minimum absolute atomic E-state index is 0.588. The molecular weight excluding hydrogens is 489 g/mol. The average molecular weight is 509 g/mol. The van der Waals surface area contributed by atoms with Gasteiger partial charge in [-0.3, -0.25) is 0 Å². The Morgan fingerprint density at radius 3 is 1.59 bits per heavy atom. The maximum Gasteiger partial charge on any atom is 0.515 e. The molecule has 3 aromatic rings. The van der Waals surface area contributed by atoms with Crippen molar-refractivity contribution in [3.63, 3.8) is 0 Å². The van der Waals surface area contributed by atoms with E-state index in [0.717, 1.165) is 16.1 Å². The third-order valence-corrected chi connectivity index (χ3v) is 6.86. The molecule has 0 spiro atoms. The van der Waals surface area contributed by atoms with Crippen LogP contribution in [0.15, 0.2) is 59.5 Å². The van der Waals surface area contributed by atoms with Crippen LogP contribution in [0.3, 0.4) is 0 Å². The maximum atomic E-state index is 12.8. The topological polar surface area (TPSA) is 20.3 Å². The van der Waals surface area contributed by atoms with Gasteiger partial charge in [0.2, 0.25) is 0 Å². The minimum Gasteiger partial charge on any atom is -0.445 e. The van der Waals surface area contributed by atoms with E-state index < -0.39 is 51.5 Å². The fourth-order valence-electron chi connectivity index (χ4n) is 2.91. The summed E-state index contributed by atoms with van der Waals surface area (Å²) in [4.78, 5) is 2.98. The molecule has 0 aliphatic carbocycles. The molecule has 3 aromatic carbocycles. The summed E-state index contributed by atoms with van der Waals surface area (Å²) < 4.78 is 110. The van der Waals surface area contributed by atoms with Gasteiger partial charge >= 0.3 is 6.98 Å². The molecule has 12 heteroatoms. The summed E-state index contributed by atoms with van der Waals surface area (Å²) in [5.74, 6) is -13.0. The van der Waals surface area contributed by atoms with Crippen LogP contribution in [-0.4, -0.2) is 27.3 Å². The molecular formula is C22H20BF8NOS. The molecule has 0 N–H and O–H groups in total. The standard InChI is InChI=1S/C16H20NOS.C6BF8/c1-17(2)15-11-9-14(10-12-15)13-19(3,18)16-7-5-4-6-8-16;8-2-1(7(13,14)15)3(9)5(11)6(12)4(2)10/h4-12H,13H2,1-3H3;/q+1;-1. The molecule has 0 heterocycles. The summed E-state index contributed by atoms with van der Waals surface area (Å²) in [6.45, 7) is -6.30. The van der Waals surface area contributed by atoms with E-state index >= 15 is 0 Å². The molecule has 34 heavy (non-hydrogen) atoms. The van der Waals surface area contributed by atoms with Crippen molar-refractivity contribution >= 4 is 28.1 Å². The van der Waals surface area contributed by atoms with Gasteiger partial charge < -0.3 is 17.8 Å². The van der Waals surface area contributed by atoms with E-state index in [9.17, 15) is 39.1 Å². The van der Waals surface area contributed by atoms with Crippen LogP contribution in [0.5, 0.6) is 0 Å². The van der Waals surface area contributed by atoms with Crippen LogP contribution in [0.1, 0.15) is 5.56 Å². The largest absolute Gasteiger partial charge is 0.515 e. The summed E-state index contributed by atoms with van der Waals surface area (Å²) in [6, 6.07) is 18.0. The van der Waals surface area contributed by atoms with Gasteiger partial charge in [0.15, 0.2) is 22.3 Å². The van der Waals surface area contributed by atoms with Gasteiger partial charge in [0.1, 0.15) is 33.6 Å². The number of rotatable bonds is 5. The molecule has 0 saturated carbocycles. The van der Waals surface area contributed by atoms with E-state index in [1.54, 1.807) is 0 Å². The number of nitrogens with zero attached hydrogens (tertiary/aromatic N) is 1. The van der Waals surface area contributed by atoms with Gasteiger partial charge in [-0.15, -0.1) is 0 Å². The first-order chi connectivity index (χ1) is 15.7. The summed E-state index contributed by atoms with van der Waals surface area (Å²) in [5.41, 5.74) is -0.459. The first-order valence-corrected chi connectivity index (χ1v) is 11.8. The highest BCUT2D eigenvalue weighted by Crippen LogP contribution is 2.23. The number of hydrogen-bond acceptors (Lipinski definition) is 2. The fraction of sp³-hybridized carbons (Fsp3) is 0.182. The lowest BCUT2D eigenvalue weighted by atomic mass is 9.79. The molecule has 0 bridgehead atoms. The lowest BCUT2D eigenvalue weighted by Gasteiger charge is -2.17. The van der Waals surface area contributed by atoms with Crippen molar-refractivity contribution < 1.29 is 39.1 Å². The zero-order chi connectivity index (χ0) is 25.8. The Bertz CT molecular complexity index is 1160. The average Bonchev–Trinajstić information content (AvgIpc) is 2.77. The number of anilines is 1. The predicted octanol–water partition coefficient (Wildman–Crippen LogP) is 5.88. The van der Waals surface area contributed by atoms with Gasteiger partial charge in [-0.2, -0.15) is 0 Å². The quantitative estimate of drug-likeness (QED) is 0.141. The summed E-state index contributed by atoms with van der Waals surface area (Å²) in [7, 11) is 2.02. The Kier molecular flexibility index (Phi) is 8.52. The van der Waals surface area contributed by atoms with Crippen LogP contribution in [0.25, 0.3) is 0 Å². The Hall–Kier alpha value is -2.89. The van der Waals surface area contributed by atoms with Gasteiger partial charge in [0.25, 0.3) is 0 Å². The van der Waals surface area contributed by atoms with Crippen molar-refractivity contribution in [2.24, 2.45) is 0 Å². The molecule has 0 saturated heterocycles. The number of halogens is 8. The molecule has 184 valence electrons. The molecule has 0 aromatic heterocycles. The lowest BCUT2D eigenvalue weighted by Crippen LogP contribution is -2.41. The van der Waals surface area contributed by atoms with E-state index in [-0.39, 0.29) is 0 Å². The third kappa shape index (κ3) is 6.37. The van der Waals surface area contributed by atoms with Gasteiger partial charge in [0, 0.05) is 25.3 Å². The molecule has 3 rings (SSSR count). The normalized spacial score (nSPS) is 13.0. The Balaban J connectivity index is 0.000000248. The second-order valence-electron chi connectivity index (χ2n) is 7.58. The van der Waals surface area contributed by atoms with Crippen molar-refractivity contribution in [1.29, 1.82) is 0 Å². The fourth-order valence-corrected chi connectivity index (χ4v) is 4.64. The van der Waals surface area contributed by atoms with E-state index in [2.05, 4.69) is 29.2 Å². The van der Waals surface area contributed by atoms with Crippen molar-refractivity contribution in [1.82, 2.24) is 0 Å². The van der Waals surface area contributed by atoms with E-state index in [4.69, 9.17) is 0 Å². The van der Waals surface area contributed by atoms with Gasteiger partial charge in [-0.25, -0.2) is 22.0 Å². The van der Waals surface area contributed by atoms with E-state index in [1.165, 1.54) is 0 Å². The molecule has 0 fully saturated rings. The summed E-state index contributed by atoms with van der Waals surface area (Å²) in [6.07, 6.45) is 1.84. The van der Waals surface area contributed by atoms with Gasteiger partial charge in [0.05, 0.1) is 0 Å². The van der Waals surface area contributed by atoms with Crippen LogP contribution < -0.4 is 10.4 Å². The summed E-state index contributed by atoms with van der Waals surface area (Å²) in [5, 5.41) is 0. The van der Waals surface area contributed by atoms with Crippen molar-refractivity contribution in [3.8, 4) is 0 Å². The lowest BCUT2D eigenvalue weighted by molar-refractivity contribution is 0.377.